The van der Waals surface area contributed by atoms with Gasteiger partial charge in [-0.2, -0.15) is 0 Å². The van der Waals surface area contributed by atoms with Gasteiger partial charge in [-0.05, 0) is 30.5 Å². The molecule has 0 radical (unpaired) electrons. The summed E-state index contributed by atoms with van der Waals surface area (Å²) in [5, 5.41) is 21.8. The zero-order chi connectivity index (χ0) is 18.1. The van der Waals surface area contributed by atoms with E-state index in [9.17, 15) is 9.50 Å². The van der Waals surface area contributed by atoms with Crippen LogP contribution in [0.5, 0.6) is 5.75 Å². The highest BCUT2D eigenvalue weighted by atomic mass is 19.1. The van der Waals surface area contributed by atoms with Crippen LogP contribution in [0.1, 0.15) is 12.1 Å². The molecule has 1 fully saturated rings. The number of hydrogen-bond donors (Lipinski definition) is 2. The molecule has 26 heavy (non-hydrogen) atoms. The van der Waals surface area contributed by atoms with Gasteiger partial charge in [-0.15, -0.1) is 10.2 Å². The van der Waals surface area contributed by atoms with Crippen molar-refractivity contribution in [2.45, 2.75) is 6.42 Å². The van der Waals surface area contributed by atoms with Crippen molar-refractivity contribution in [2.75, 3.05) is 13.1 Å². The second-order valence-corrected chi connectivity index (χ2v) is 6.17. The summed E-state index contributed by atoms with van der Waals surface area (Å²) in [5.74, 6) is -0.190. The third kappa shape index (κ3) is 2.95. The summed E-state index contributed by atoms with van der Waals surface area (Å²) in [5.41, 5.74) is 1.86. The molecule has 132 valence electrons. The SMILES string of the molecule is C=C(c1cnc(-c2cc(F)c(-n3ccnc3)cc2O)nn1)C1CCNC1. The molecule has 1 aliphatic heterocycles. The molecule has 4 rings (SSSR count). The van der Waals surface area contributed by atoms with Crippen LogP contribution in [0.3, 0.4) is 0 Å². The van der Waals surface area contributed by atoms with Gasteiger partial charge >= 0.3 is 0 Å². The number of halogens is 1. The smallest absolute Gasteiger partial charge is 0.185 e. The quantitative estimate of drug-likeness (QED) is 0.748. The van der Waals surface area contributed by atoms with E-state index < -0.39 is 5.82 Å². The van der Waals surface area contributed by atoms with Crippen LogP contribution < -0.4 is 5.32 Å². The van der Waals surface area contributed by atoms with E-state index in [1.807, 2.05) is 0 Å². The monoisotopic (exact) mass is 352 g/mol. The lowest BCUT2D eigenvalue weighted by Crippen LogP contribution is -2.11. The van der Waals surface area contributed by atoms with E-state index in [4.69, 9.17) is 0 Å². The Morgan fingerprint density at radius 3 is 2.88 bits per heavy atom. The van der Waals surface area contributed by atoms with Crippen LogP contribution in [-0.4, -0.2) is 42.9 Å². The lowest BCUT2D eigenvalue weighted by molar-refractivity contribution is 0.474. The van der Waals surface area contributed by atoms with E-state index in [1.54, 1.807) is 12.4 Å². The van der Waals surface area contributed by atoms with Crippen molar-refractivity contribution in [1.82, 2.24) is 30.0 Å². The predicted molar refractivity (Wildman–Crippen MR) is 94.0 cm³/mol. The molecule has 1 aromatic carbocycles. The first kappa shape index (κ1) is 16.3. The summed E-state index contributed by atoms with van der Waals surface area (Å²) in [6, 6.07) is 2.50. The fourth-order valence-electron chi connectivity index (χ4n) is 3.04. The third-order valence-electron chi connectivity index (χ3n) is 4.53. The van der Waals surface area contributed by atoms with E-state index in [1.165, 1.54) is 29.2 Å². The van der Waals surface area contributed by atoms with Gasteiger partial charge in [-0.25, -0.2) is 14.4 Å². The van der Waals surface area contributed by atoms with Crippen LogP contribution in [0.4, 0.5) is 4.39 Å². The Balaban J connectivity index is 1.63. The Labute approximate surface area is 149 Å². The van der Waals surface area contributed by atoms with Crippen LogP contribution in [0.15, 0.2) is 43.6 Å². The number of benzene rings is 1. The Kier molecular flexibility index (Phi) is 4.18. The maximum Gasteiger partial charge on any atom is 0.185 e. The van der Waals surface area contributed by atoms with Gasteiger partial charge in [-0.1, -0.05) is 6.58 Å². The number of nitrogens with one attached hydrogen (secondary N) is 1. The normalized spacial score (nSPS) is 16.7. The Morgan fingerprint density at radius 1 is 1.35 bits per heavy atom. The van der Waals surface area contributed by atoms with E-state index in [0.29, 0.717) is 11.6 Å². The van der Waals surface area contributed by atoms with Gasteiger partial charge < -0.3 is 15.0 Å². The first-order chi connectivity index (χ1) is 12.6. The van der Waals surface area contributed by atoms with Gasteiger partial charge in [0.05, 0.1) is 23.8 Å². The molecular formula is C18H17FN6O. The van der Waals surface area contributed by atoms with Crippen molar-refractivity contribution in [3.63, 3.8) is 0 Å². The van der Waals surface area contributed by atoms with Crippen LogP contribution in [-0.2, 0) is 0 Å². The minimum absolute atomic E-state index is 0.136. The van der Waals surface area contributed by atoms with Crippen LogP contribution in [0.2, 0.25) is 0 Å². The minimum atomic E-state index is -0.523. The van der Waals surface area contributed by atoms with Crippen LogP contribution >= 0.6 is 0 Å². The van der Waals surface area contributed by atoms with Gasteiger partial charge in [0.2, 0.25) is 0 Å². The average molecular weight is 352 g/mol. The molecule has 1 saturated heterocycles. The van der Waals surface area contributed by atoms with Gasteiger partial charge in [0.15, 0.2) is 5.82 Å². The zero-order valence-electron chi connectivity index (χ0n) is 13.9. The number of rotatable bonds is 4. The zero-order valence-corrected chi connectivity index (χ0v) is 13.9. The fourth-order valence-corrected chi connectivity index (χ4v) is 3.04. The Morgan fingerprint density at radius 2 is 2.23 bits per heavy atom. The lowest BCUT2D eigenvalue weighted by Gasteiger charge is -2.11. The largest absolute Gasteiger partial charge is 0.507 e. The standard InChI is InChI=1S/C18H17FN6O/c1-11(12-2-3-20-8-12)15-9-22-18(24-23-15)13-6-14(19)16(7-17(13)26)25-5-4-21-10-25/h4-7,9-10,12,20,26H,1-3,8H2. The molecule has 2 N–H and O–H groups in total. The molecule has 0 spiro atoms. The number of nitrogens with zero attached hydrogens (tertiary/aromatic N) is 5. The van der Waals surface area contributed by atoms with E-state index >= 15 is 0 Å². The van der Waals surface area contributed by atoms with Crippen LogP contribution in [0, 0.1) is 11.7 Å². The van der Waals surface area contributed by atoms with Crippen molar-refractivity contribution < 1.29 is 9.50 Å². The summed E-state index contributed by atoms with van der Waals surface area (Å²) in [6.45, 7) is 5.90. The molecule has 2 aromatic heterocycles. The number of phenolic OH excluding ortho intramolecular Hbond substituents is 1. The molecule has 7 nitrogen and oxygen atoms in total. The molecule has 3 heterocycles. The third-order valence-corrected chi connectivity index (χ3v) is 4.53. The molecule has 0 bridgehead atoms. The summed E-state index contributed by atoms with van der Waals surface area (Å²) >= 11 is 0. The highest BCUT2D eigenvalue weighted by molar-refractivity contribution is 5.67. The van der Waals surface area contributed by atoms with E-state index in [0.717, 1.165) is 25.1 Å². The molecular weight excluding hydrogens is 335 g/mol. The van der Waals surface area contributed by atoms with Crippen molar-refractivity contribution in [2.24, 2.45) is 5.92 Å². The van der Waals surface area contributed by atoms with Crippen molar-refractivity contribution in [3.05, 3.63) is 55.1 Å². The van der Waals surface area contributed by atoms with Gasteiger partial charge in [0.1, 0.15) is 17.3 Å². The lowest BCUT2D eigenvalue weighted by atomic mass is 9.97. The molecule has 0 saturated carbocycles. The number of aromatic hydroxyl groups is 1. The van der Waals surface area contributed by atoms with E-state index in [-0.39, 0.29) is 22.8 Å². The summed E-state index contributed by atoms with van der Waals surface area (Å²) in [6.07, 6.45) is 7.14. The number of imidazole rings is 1. The molecule has 1 aliphatic rings. The van der Waals surface area contributed by atoms with Crippen molar-refractivity contribution in [3.8, 4) is 22.8 Å². The summed E-state index contributed by atoms with van der Waals surface area (Å²) in [7, 11) is 0. The first-order valence-electron chi connectivity index (χ1n) is 8.24. The fraction of sp³-hybridized carbons (Fsp3) is 0.222. The Bertz CT molecular complexity index is 933. The maximum absolute atomic E-state index is 14.4. The van der Waals surface area contributed by atoms with Gasteiger partial charge in [0, 0.05) is 25.0 Å². The minimum Gasteiger partial charge on any atom is -0.507 e. The van der Waals surface area contributed by atoms with E-state index in [2.05, 4.69) is 32.1 Å². The number of phenols is 1. The topological polar surface area (TPSA) is 88.8 Å². The number of hydrogen-bond acceptors (Lipinski definition) is 6. The summed E-state index contributed by atoms with van der Waals surface area (Å²) < 4.78 is 15.9. The van der Waals surface area contributed by atoms with Gasteiger partial charge in [0.25, 0.3) is 0 Å². The first-order valence-corrected chi connectivity index (χ1v) is 8.24. The highest BCUT2D eigenvalue weighted by Crippen LogP contribution is 2.31. The Hall–Kier alpha value is -3.13. The van der Waals surface area contributed by atoms with Crippen molar-refractivity contribution >= 4 is 5.57 Å². The van der Waals surface area contributed by atoms with Crippen LogP contribution in [0.25, 0.3) is 22.6 Å². The molecule has 0 amide bonds. The summed E-state index contributed by atoms with van der Waals surface area (Å²) in [4.78, 5) is 8.11. The molecule has 3 aromatic rings. The van der Waals surface area contributed by atoms with Crippen molar-refractivity contribution in [1.29, 1.82) is 0 Å². The number of aromatic nitrogens is 5. The second-order valence-electron chi connectivity index (χ2n) is 6.17. The molecule has 1 atom stereocenters. The van der Waals surface area contributed by atoms with Gasteiger partial charge in [-0.3, -0.25) is 0 Å². The molecule has 8 heteroatoms. The molecule has 0 aliphatic carbocycles. The average Bonchev–Trinajstić information content (AvgIpc) is 3.37. The second kappa shape index (κ2) is 6.64. The molecule has 1 unspecified atom stereocenters. The predicted octanol–water partition coefficient (Wildman–Crippen LogP) is 2.19. The highest BCUT2D eigenvalue weighted by Gasteiger charge is 2.21. The maximum atomic E-state index is 14.4.